The molecule has 1 amide bonds. The summed E-state index contributed by atoms with van der Waals surface area (Å²) < 4.78 is 5.83. The molecule has 23 heavy (non-hydrogen) atoms. The van der Waals surface area contributed by atoms with Gasteiger partial charge in [0.25, 0.3) is 0 Å². The summed E-state index contributed by atoms with van der Waals surface area (Å²) in [4.78, 5) is 14.5. The van der Waals surface area contributed by atoms with Gasteiger partial charge in [0.15, 0.2) is 0 Å². The van der Waals surface area contributed by atoms with E-state index in [-0.39, 0.29) is 11.9 Å². The van der Waals surface area contributed by atoms with Gasteiger partial charge in [-0.05, 0) is 37.3 Å². The van der Waals surface area contributed by atoms with Crippen LogP contribution >= 0.6 is 0 Å². The molecule has 1 aliphatic carbocycles. The van der Waals surface area contributed by atoms with Crippen molar-refractivity contribution in [1.29, 1.82) is 0 Å². The average molecular weight is 312 g/mol. The average Bonchev–Trinajstić information content (AvgIpc) is 3.16. The van der Waals surface area contributed by atoms with E-state index >= 15 is 0 Å². The molecule has 4 nitrogen and oxygen atoms in total. The molecule has 122 valence electrons. The van der Waals surface area contributed by atoms with E-state index in [9.17, 15) is 4.79 Å². The number of nitrogens with one attached hydrogen (secondary N) is 1. The zero-order valence-electron chi connectivity index (χ0n) is 13.6. The number of fused-ring (bicyclic) bond motifs is 2. The van der Waals surface area contributed by atoms with Crippen LogP contribution in [-0.2, 0) is 11.3 Å². The minimum Gasteiger partial charge on any atom is -0.459 e. The van der Waals surface area contributed by atoms with Gasteiger partial charge in [-0.25, -0.2) is 0 Å². The van der Waals surface area contributed by atoms with Crippen molar-refractivity contribution in [2.75, 3.05) is 7.05 Å². The number of furan rings is 1. The Balaban J connectivity index is 1.42. The molecular formula is C19H24N2O2. The number of hydrogen-bond donors (Lipinski definition) is 1. The summed E-state index contributed by atoms with van der Waals surface area (Å²) in [5.41, 5.74) is 0.883. The van der Waals surface area contributed by atoms with Gasteiger partial charge >= 0.3 is 0 Å². The minimum atomic E-state index is -0.0162. The Bertz CT molecular complexity index is 661. The lowest BCUT2D eigenvalue weighted by Gasteiger charge is -2.24. The summed E-state index contributed by atoms with van der Waals surface area (Å²) in [5.74, 6) is 1.73. The molecule has 1 saturated carbocycles. The van der Waals surface area contributed by atoms with Crippen molar-refractivity contribution in [3.63, 3.8) is 0 Å². The summed E-state index contributed by atoms with van der Waals surface area (Å²) in [6, 6.07) is 10.5. The highest BCUT2D eigenvalue weighted by Crippen LogP contribution is 2.33. The van der Waals surface area contributed by atoms with Crippen LogP contribution in [0.25, 0.3) is 11.0 Å². The fourth-order valence-corrected chi connectivity index (χ4v) is 4.20. The maximum atomic E-state index is 12.7. The Morgan fingerprint density at radius 1 is 1.30 bits per heavy atom. The highest BCUT2D eigenvalue weighted by atomic mass is 16.3. The van der Waals surface area contributed by atoms with Crippen LogP contribution in [0.4, 0.5) is 0 Å². The quantitative estimate of drug-likeness (QED) is 0.946. The lowest BCUT2D eigenvalue weighted by atomic mass is 9.85. The normalized spacial score (nSPS) is 27.1. The van der Waals surface area contributed by atoms with Crippen molar-refractivity contribution >= 4 is 16.9 Å². The molecule has 0 bridgehead atoms. The maximum absolute atomic E-state index is 12.7. The fourth-order valence-electron chi connectivity index (χ4n) is 4.20. The Morgan fingerprint density at radius 2 is 2.13 bits per heavy atom. The molecule has 3 unspecified atom stereocenters. The van der Waals surface area contributed by atoms with E-state index in [2.05, 4.69) is 5.32 Å². The van der Waals surface area contributed by atoms with E-state index < -0.39 is 0 Å². The molecule has 4 rings (SSSR count). The second kappa shape index (κ2) is 6.00. The molecule has 2 heterocycles. The molecule has 1 aliphatic heterocycles. The van der Waals surface area contributed by atoms with Gasteiger partial charge in [0.1, 0.15) is 11.3 Å². The summed E-state index contributed by atoms with van der Waals surface area (Å²) in [7, 11) is 1.87. The zero-order chi connectivity index (χ0) is 15.8. The summed E-state index contributed by atoms with van der Waals surface area (Å²) >= 11 is 0. The first kappa shape index (κ1) is 14.8. The number of benzene rings is 1. The van der Waals surface area contributed by atoms with Gasteiger partial charge in [0.2, 0.25) is 5.91 Å². The van der Waals surface area contributed by atoms with Gasteiger partial charge in [0, 0.05) is 18.5 Å². The highest BCUT2D eigenvalue weighted by Gasteiger charge is 2.39. The first-order valence-corrected chi connectivity index (χ1v) is 8.69. The van der Waals surface area contributed by atoms with Gasteiger partial charge < -0.3 is 14.6 Å². The Kier molecular flexibility index (Phi) is 3.85. The van der Waals surface area contributed by atoms with E-state index in [1.165, 1.54) is 25.7 Å². The monoisotopic (exact) mass is 312 g/mol. The van der Waals surface area contributed by atoms with Crippen molar-refractivity contribution in [1.82, 2.24) is 10.2 Å². The molecule has 1 aromatic heterocycles. The number of likely N-dealkylation sites (N-methyl/N-ethyl adjacent to an activating group) is 1. The second-order valence-electron chi connectivity index (χ2n) is 7.05. The molecule has 2 fully saturated rings. The predicted molar refractivity (Wildman–Crippen MR) is 90.0 cm³/mol. The number of carbonyl (C=O) groups excluding carboxylic acids is 1. The molecule has 3 atom stereocenters. The highest BCUT2D eigenvalue weighted by molar-refractivity contribution is 5.82. The lowest BCUT2D eigenvalue weighted by molar-refractivity contribution is -0.132. The van der Waals surface area contributed by atoms with Gasteiger partial charge in [-0.3, -0.25) is 4.79 Å². The third kappa shape index (κ3) is 2.88. The van der Waals surface area contributed by atoms with Crippen LogP contribution in [0.15, 0.2) is 34.7 Å². The predicted octanol–water partition coefficient (Wildman–Crippen LogP) is 3.31. The summed E-state index contributed by atoms with van der Waals surface area (Å²) in [5, 5.41) is 4.66. The van der Waals surface area contributed by atoms with Crippen molar-refractivity contribution in [2.24, 2.45) is 5.92 Å². The van der Waals surface area contributed by atoms with Crippen LogP contribution in [0.2, 0.25) is 0 Å². The number of rotatable bonds is 3. The molecular weight excluding hydrogens is 288 g/mol. The first-order chi connectivity index (χ1) is 11.2. The zero-order valence-corrected chi connectivity index (χ0v) is 13.6. The largest absolute Gasteiger partial charge is 0.459 e. The van der Waals surface area contributed by atoms with E-state index in [4.69, 9.17) is 4.42 Å². The number of para-hydroxylation sites is 1. The molecule has 2 aromatic rings. The topological polar surface area (TPSA) is 45.5 Å². The smallest absolute Gasteiger partial charge is 0.239 e. The van der Waals surface area contributed by atoms with Crippen molar-refractivity contribution in [2.45, 2.75) is 50.7 Å². The number of carbonyl (C=O) groups is 1. The number of hydrogen-bond acceptors (Lipinski definition) is 3. The van der Waals surface area contributed by atoms with Gasteiger partial charge in [-0.1, -0.05) is 31.0 Å². The molecule has 0 spiro atoms. The van der Waals surface area contributed by atoms with Crippen molar-refractivity contribution in [3.05, 3.63) is 36.1 Å². The Morgan fingerprint density at radius 3 is 2.96 bits per heavy atom. The van der Waals surface area contributed by atoms with Crippen LogP contribution in [-0.4, -0.2) is 29.9 Å². The SMILES string of the molecule is CN(Cc1cc2ccccc2o1)C(=O)C1CC2CCCCC2N1. The van der Waals surface area contributed by atoms with Crippen LogP contribution in [0.5, 0.6) is 0 Å². The Labute approximate surface area is 136 Å². The van der Waals surface area contributed by atoms with Crippen LogP contribution < -0.4 is 5.32 Å². The first-order valence-electron chi connectivity index (χ1n) is 8.69. The third-order valence-electron chi connectivity index (χ3n) is 5.41. The standard InChI is InChI=1S/C19H24N2O2/c1-21(12-15-10-14-7-3-5-9-18(14)23-15)19(22)17-11-13-6-2-4-8-16(13)20-17/h3,5,7,9-10,13,16-17,20H,2,4,6,8,11-12H2,1H3. The molecule has 1 saturated heterocycles. The number of amides is 1. The number of nitrogens with zero attached hydrogens (tertiary/aromatic N) is 1. The maximum Gasteiger partial charge on any atom is 0.239 e. The van der Waals surface area contributed by atoms with Gasteiger partial charge in [0.05, 0.1) is 12.6 Å². The van der Waals surface area contributed by atoms with E-state index in [0.717, 1.165) is 23.2 Å². The van der Waals surface area contributed by atoms with E-state index in [1.807, 2.05) is 37.4 Å². The molecule has 0 radical (unpaired) electrons. The van der Waals surface area contributed by atoms with Crippen molar-refractivity contribution < 1.29 is 9.21 Å². The van der Waals surface area contributed by atoms with Crippen LogP contribution in [0.3, 0.4) is 0 Å². The third-order valence-corrected chi connectivity index (χ3v) is 5.41. The molecule has 1 aromatic carbocycles. The van der Waals surface area contributed by atoms with Crippen LogP contribution in [0.1, 0.15) is 37.9 Å². The minimum absolute atomic E-state index is 0.0162. The lowest BCUT2D eigenvalue weighted by Crippen LogP contribution is -2.43. The molecule has 1 N–H and O–H groups in total. The Hall–Kier alpha value is -1.81. The molecule has 4 heteroatoms. The van der Waals surface area contributed by atoms with Crippen LogP contribution in [0, 0.1) is 5.92 Å². The summed E-state index contributed by atoms with van der Waals surface area (Å²) in [6.45, 7) is 0.529. The van der Waals surface area contributed by atoms with Gasteiger partial charge in [-0.15, -0.1) is 0 Å². The molecule has 2 aliphatic rings. The van der Waals surface area contributed by atoms with Crippen molar-refractivity contribution in [3.8, 4) is 0 Å². The van der Waals surface area contributed by atoms with E-state index in [0.29, 0.717) is 18.5 Å². The fraction of sp³-hybridized carbons (Fsp3) is 0.526. The summed E-state index contributed by atoms with van der Waals surface area (Å²) in [6.07, 6.45) is 6.10. The van der Waals surface area contributed by atoms with Gasteiger partial charge in [-0.2, -0.15) is 0 Å². The van der Waals surface area contributed by atoms with E-state index in [1.54, 1.807) is 4.90 Å². The second-order valence-corrected chi connectivity index (χ2v) is 7.05.